The third kappa shape index (κ3) is 4.40. The summed E-state index contributed by atoms with van der Waals surface area (Å²) in [6.07, 6.45) is 0. The van der Waals surface area contributed by atoms with Gasteiger partial charge in [-0.1, -0.05) is 28.1 Å². The molecule has 2 aromatic rings. The predicted molar refractivity (Wildman–Crippen MR) is 91.3 cm³/mol. The van der Waals surface area contributed by atoms with Gasteiger partial charge in [-0.05, 0) is 18.2 Å². The molecular weight excluding hydrogens is 360 g/mol. The molecule has 0 bridgehead atoms. The molecule has 122 valence electrons. The number of nitrogens with zero attached hydrogens (tertiary/aromatic N) is 2. The maximum Gasteiger partial charge on any atom is 0.269 e. The molecule has 1 aliphatic rings. The van der Waals surface area contributed by atoms with Crippen molar-refractivity contribution in [1.82, 2.24) is 20.4 Å². The molecule has 7 heteroatoms. The first-order valence-corrected chi connectivity index (χ1v) is 8.41. The molecule has 3 rings (SSSR count). The molecule has 1 fully saturated rings. The second-order valence-electron chi connectivity index (χ2n) is 5.38. The van der Waals surface area contributed by atoms with Crippen LogP contribution in [0.15, 0.2) is 34.8 Å². The molecule has 1 aromatic heterocycles. The minimum Gasteiger partial charge on any atom is -0.379 e. The zero-order valence-electron chi connectivity index (χ0n) is 12.7. The fraction of sp³-hybridized carbons (Fsp3) is 0.375. The number of rotatable bonds is 5. The molecular formula is C16H19BrN4O2. The highest BCUT2D eigenvalue weighted by Crippen LogP contribution is 2.20. The monoisotopic (exact) mass is 378 g/mol. The summed E-state index contributed by atoms with van der Waals surface area (Å²) in [7, 11) is 0. The Morgan fingerprint density at radius 3 is 2.78 bits per heavy atom. The Morgan fingerprint density at radius 1 is 1.30 bits per heavy atom. The lowest BCUT2D eigenvalue weighted by molar-refractivity contribution is 0.0383. The summed E-state index contributed by atoms with van der Waals surface area (Å²) in [4.78, 5) is 14.4. The van der Waals surface area contributed by atoms with Crippen LogP contribution in [0.25, 0.3) is 11.3 Å². The van der Waals surface area contributed by atoms with Gasteiger partial charge in [-0.15, -0.1) is 0 Å². The first-order valence-electron chi connectivity index (χ1n) is 7.62. The van der Waals surface area contributed by atoms with Gasteiger partial charge in [0, 0.05) is 36.2 Å². The number of carbonyl (C=O) groups excluding carboxylic acids is 1. The summed E-state index contributed by atoms with van der Waals surface area (Å²) in [5.41, 5.74) is 2.21. The molecule has 6 nitrogen and oxygen atoms in total. The third-order valence-corrected chi connectivity index (χ3v) is 4.31. The van der Waals surface area contributed by atoms with Crippen LogP contribution in [-0.2, 0) is 4.74 Å². The van der Waals surface area contributed by atoms with Crippen molar-refractivity contribution < 1.29 is 9.53 Å². The van der Waals surface area contributed by atoms with Crippen LogP contribution >= 0.6 is 15.9 Å². The van der Waals surface area contributed by atoms with E-state index in [4.69, 9.17) is 4.74 Å². The van der Waals surface area contributed by atoms with Crippen molar-refractivity contribution >= 4 is 21.8 Å². The maximum atomic E-state index is 12.2. The van der Waals surface area contributed by atoms with E-state index >= 15 is 0 Å². The van der Waals surface area contributed by atoms with E-state index in [1.807, 2.05) is 24.3 Å². The average molecular weight is 379 g/mol. The number of benzene rings is 1. The fourth-order valence-electron chi connectivity index (χ4n) is 2.45. The van der Waals surface area contributed by atoms with E-state index in [0.717, 1.165) is 48.6 Å². The number of aromatic nitrogens is 2. The quantitative estimate of drug-likeness (QED) is 0.833. The van der Waals surface area contributed by atoms with Crippen LogP contribution in [0.4, 0.5) is 0 Å². The van der Waals surface area contributed by atoms with Crippen molar-refractivity contribution in [3.8, 4) is 11.3 Å². The standard InChI is InChI=1S/C16H19BrN4O2/c17-13-3-1-12(2-4-13)14-11-15(20-19-14)16(22)18-5-6-21-7-9-23-10-8-21/h1-4,11H,5-10H2,(H,18,22)(H,19,20). The van der Waals surface area contributed by atoms with E-state index in [-0.39, 0.29) is 5.91 Å². The van der Waals surface area contributed by atoms with Crippen LogP contribution in [0.5, 0.6) is 0 Å². The van der Waals surface area contributed by atoms with Crippen molar-refractivity contribution in [1.29, 1.82) is 0 Å². The van der Waals surface area contributed by atoms with Crippen molar-refractivity contribution in [2.45, 2.75) is 0 Å². The molecule has 0 aliphatic carbocycles. The van der Waals surface area contributed by atoms with Crippen LogP contribution in [0.3, 0.4) is 0 Å². The van der Waals surface area contributed by atoms with Crippen molar-refractivity contribution in [2.75, 3.05) is 39.4 Å². The van der Waals surface area contributed by atoms with Gasteiger partial charge in [-0.3, -0.25) is 14.8 Å². The second kappa shape index (κ2) is 7.72. The SMILES string of the molecule is O=C(NCCN1CCOCC1)c1cc(-c2ccc(Br)cc2)n[nH]1. The zero-order chi connectivity index (χ0) is 16.1. The molecule has 1 aliphatic heterocycles. The number of carbonyl (C=O) groups is 1. The molecule has 0 spiro atoms. The average Bonchev–Trinajstić information content (AvgIpc) is 3.06. The zero-order valence-corrected chi connectivity index (χ0v) is 14.3. The number of amides is 1. The lowest BCUT2D eigenvalue weighted by Crippen LogP contribution is -2.41. The number of H-pyrrole nitrogens is 1. The second-order valence-corrected chi connectivity index (χ2v) is 6.30. The van der Waals surface area contributed by atoms with Crippen molar-refractivity contribution in [3.63, 3.8) is 0 Å². The van der Waals surface area contributed by atoms with Crippen LogP contribution in [0.2, 0.25) is 0 Å². The van der Waals surface area contributed by atoms with Gasteiger partial charge in [0.05, 0.1) is 18.9 Å². The molecule has 0 atom stereocenters. The van der Waals surface area contributed by atoms with E-state index in [1.165, 1.54) is 0 Å². The normalized spacial score (nSPS) is 15.5. The molecule has 0 saturated carbocycles. The molecule has 2 heterocycles. The topological polar surface area (TPSA) is 70.2 Å². The first kappa shape index (κ1) is 16.2. The Kier molecular flexibility index (Phi) is 5.43. The van der Waals surface area contributed by atoms with E-state index in [2.05, 4.69) is 36.3 Å². The molecule has 1 amide bonds. The fourth-order valence-corrected chi connectivity index (χ4v) is 2.72. The Labute approximate surface area is 143 Å². The summed E-state index contributed by atoms with van der Waals surface area (Å²) in [5.74, 6) is -0.130. The van der Waals surface area contributed by atoms with Crippen molar-refractivity contribution in [3.05, 3.63) is 40.5 Å². The van der Waals surface area contributed by atoms with Crippen LogP contribution in [0, 0.1) is 0 Å². The van der Waals surface area contributed by atoms with E-state index in [0.29, 0.717) is 12.2 Å². The number of nitrogens with one attached hydrogen (secondary N) is 2. The number of aromatic amines is 1. The molecule has 23 heavy (non-hydrogen) atoms. The lowest BCUT2D eigenvalue weighted by atomic mass is 10.1. The largest absolute Gasteiger partial charge is 0.379 e. The van der Waals surface area contributed by atoms with E-state index in [1.54, 1.807) is 6.07 Å². The highest BCUT2D eigenvalue weighted by atomic mass is 79.9. The van der Waals surface area contributed by atoms with Gasteiger partial charge >= 0.3 is 0 Å². The summed E-state index contributed by atoms with van der Waals surface area (Å²) in [6, 6.07) is 9.59. The van der Waals surface area contributed by atoms with Crippen molar-refractivity contribution in [2.24, 2.45) is 0 Å². The lowest BCUT2D eigenvalue weighted by Gasteiger charge is -2.26. The summed E-state index contributed by atoms with van der Waals surface area (Å²) >= 11 is 3.40. The molecule has 0 unspecified atom stereocenters. The predicted octanol–water partition coefficient (Wildman–Crippen LogP) is 1.90. The summed E-state index contributed by atoms with van der Waals surface area (Å²) in [6.45, 7) is 4.84. The third-order valence-electron chi connectivity index (χ3n) is 3.78. The van der Waals surface area contributed by atoms with Gasteiger partial charge in [-0.25, -0.2) is 0 Å². The van der Waals surface area contributed by atoms with Gasteiger partial charge in [-0.2, -0.15) is 5.10 Å². The Bertz CT molecular complexity index is 650. The number of hydrogen-bond donors (Lipinski definition) is 2. The van der Waals surface area contributed by atoms with E-state index < -0.39 is 0 Å². The van der Waals surface area contributed by atoms with Crippen LogP contribution in [0.1, 0.15) is 10.5 Å². The molecule has 2 N–H and O–H groups in total. The highest BCUT2D eigenvalue weighted by molar-refractivity contribution is 9.10. The van der Waals surface area contributed by atoms with Gasteiger partial charge < -0.3 is 10.1 Å². The molecule has 1 saturated heterocycles. The molecule has 1 aromatic carbocycles. The Hall–Kier alpha value is -1.70. The van der Waals surface area contributed by atoms with Gasteiger partial charge in [0.2, 0.25) is 0 Å². The Morgan fingerprint density at radius 2 is 2.04 bits per heavy atom. The summed E-state index contributed by atoms with van der Waals surface area (Å²) < 4.78 is 6.32. The maximum absolute atomic E-state index is 12.2. The van der Waals surface area contributed by atoms with Crippen LogP contribution in [-0.4, -0.2) is 60.4 Å². The Balaban J connectivity index is 1.52. The minimum atomic E-state index is -0.130. The smallest absolute Gasteiger partial charge is 0.269 e. The summed E-state index contributed by atoms with van der Waals surface area (Å²) in [5, 5.41) is 9.93. The van der Waals surface area contributed by atoms with Gasteiger partial charge in [0.25, 0.3) is 5.91 Å². The van der Waals surface area contributed by atoms with Gasteiger partial charge in [0.15, 0.2) is 0 Å². The molecule has 0 radical (unpaired) electrons. The minimum absolute atomic E-state index is 0.130. The number of ether oxygens (including phenoxy) is 1. The number of halogens is 1. The number of hydrogen-bond acceptors (Lipinski definition) is 4. The van der Waals surface area contributed by atoms with Gasteiger partial charge in [0.1, 0.15) is 5.69 Å². The highest BCUT2D eigenvalue weighted by Gasteiger charge is 2.13. The van der Waals surface area contributed by atoms with E-state index in [9.17, 15) is 4.79 Å². The van der Waals surface area contributed by atoms with Crippen LogP contribution < -0.4 is 5.32 Å². The number of morpholine rings is 1. The first-order chi connectivity index (χ1) is 11.2.